The van der Waals surface area contributed by atoms with E-state index in [1.807, 2.05) is 54.2 Å². The largest absolute Gasteiger partial charge is 0.334 e. The first kappa shape index (κ1) is 13.3. The van der Waals surface area contributed by atoms with Crippen molar-refractivity contribution < 1.29 is 4.39 Å². The molecular formula is C18H15FN2. The number of aromatic nitrogens is 2. The van der Waals surface area contributed by atoms with Crippen LogP contribution in [0.15, 0.2) is 60.9 Å². The third-order valence-corrected chi connectivity index (χ3v) is 3.35. The van der Waals surface area contributed by atoms with Gasteiger partial charge in [-0.1, -0.05) is 54.6 Å². The van der Waals surface area contributed by atoms with Crippen LogP contribution < -0.4 is 0 Å². The van der Waals surface area contributed by atoms with E-state index in [1.54, 1.807) is 24.4 Å². The van der Waals surface area contributed by atoms with Crippen molar-refractivity contribution in [3.8, 4) is 11.4 Å². The molecule has 21 heavy (non-hydrogen) atoms. The van der Waals surface area contributed by atoms with Crippen LogP contribution in [-0.2, 0) is 7.05 Å². The molecule has 0 fully saturated rings. The van der Waals surface area contributed by atoms with E-state index < -0.39 is 0 Å². The summed E-state index contributed by atoms with van der Waals surface area (Å²) in [6.07, 6.45) is 7.38. The second kappa shape index (κ2) is 5.75. The van der Waals surface area contributed by atoms with Gasteiger partial charge >= 0.3 is 0 Å². The summed E-state index contributed by atoms with van der Waals surface area (Å²) in [5.74, 6) is 0.720. The first-order valence-electron chi connectivity index (χ1n) is 6.74. The molecule has 0 saturated heterocycles. The molecule has 0 unspecified atom stereocenters. The highest BCUT2D eigenvalue weighted by Crippen LogP contribution is 2.18. The molecule has 1 aromatic heterocycles. The lowest BCUT2D eigenvalue weighted by Gasteiger charge is -2.02. The van der Waals surface area contributed by atoms with Gasteiger partial charge in [0.2, 0.25) is 0 Å². The van der Waals surface area contributed by atoms with Crippen LogP contribution >= 0.6 is 0 Å². The normalized spacial score (nSPS) is 11.1. The highest BCUT2D eigenvalue weighted by Gasteiger charge is 2.02. The Morgan fingerprint density at radius 1 is 1.00 bits per heavy atom. The molecule has 2 aromatic carbocycles. The van der Waals surface area contributed by atoms with Gasteiger partial charge < -0.3 is 4.57 Å². The molecule has 3 rings (SSSR count). The molecule has 104 valence electrons. The molecule has 0 spiro atoms. The summed E-state index contributed by atoms with van der Waals surface area (Å²) in [4.78, 5) is 4.32. The number of nitrogens with zero attached hydrogens (tertiary/aromatic N) is 2. The molecule has 0 atom stereocenters. The van der Waals surface area contributed by atoms with Crippen LogP contribution in [-0.4, -0.2) is 9.55 Å². The van der Waals surface area contributed by atoms with Crippen LogP contribution in [0.4, 0.5) is 4.39 Å². The van der Waals surface area contributed by atoms with Crippen molar-refractivity contribution >= 4 is 12.2 Å². The molecule has 3 heteroatoms. The zero-order valence-corrected chi connectivity index (χ0v) is 11.7. The van der Waals surface area contributed by atoms with Gasteiger partial charge in [-0.25, -0.2) is 9.37 Å². The Bertz CT molecular complexity index is 770. The fourth-order valence-electron chi connectivity index (χ4n) is 2.18. The zero-order chi connectivity index (χ0) is 14.7. The maximum atomic E-state index is 13.5. The molecule has 0 bridgehead atoms. The molecule has 1 heterocycles. The third-order valence-electron chi connectivity index (χ3n) is 3.35. The Hall–Kier alpha value is -2.68. The minimum Gasteiger partial charge on any atom is -0.334 e. The monoisotopic (exact) mass is 278 g/mol. The SMILES string of the molecule is Cn1ccnc1-c1ccc(/C=C/c2ccccc2F)cc1. The number of hydrogen-bond acceptors (Lipinski definition) is 1. The summed E-state index contributed by atoms with van der Waals surface area (Å²) < 4.78 is 15.5. The molecule has 0 amide bonds. The van der Waals surface area contributed by atoms with Gasteiger partial charge in [-0.2, -0.15) is 0 Å². The van der Waals surface area contributed by atoms with Crippen LogP contribution in [0.1, 0.15) is 11.1 Å². The van der Waals surface area contributed by atoms with Crippen LogP contribution in [0, 0.1) is 5.82 Å². The summed E-state index contributed by atoms with van der Waals surface area (Å²) >= 11 is 0. The van der Waals surface area contributed by atoms with E-state index in [4.69, 9.17) is 0 Å². The van der Waals surface area contributed by atoms with Gasteiger partial charge in [0.05, 0.1) is 0 Å². The molecule has 0 saturated carbocycles. The van der Waals surface area contributed by atoms with E-state index in [0.717, 1.165) is 17.0 Å². The maximum Gasteiger partial charge on any atom is 0.139 e. The second-order valence-electron chi connectivity index (χ2n) is 4.84. The maximum absolute atomic E-state index is 13.5. The number of imidazole rings is 1. The van der Waals surface area contributed by atoms with E-state index in [0.29, 0.717) is 5.56 Å². The Labute approximate surface area is 123 Å². The Balaban J connectivity index is 1.82. The quantitative estimate of drug-likeness (QED) is 0.649. The third kappa shape index (κ3) is 2.92. The average Bonchev–Trinajstić information content (AvgIpc) is 2.93. The van der Waals surface area contributed by atoms with Gasteiger partial charge in [0.15, 0.2) is 0 Å². The Kier molecular flexibility index (Phi) is 3.65. The number of rotatable bonds is 3. The predicted octanol–water partition coefficient (Wildman–Crippen LogP) is 4.40. The highest BCUT2D eigenvalue weighted by atomic mass is 19.1. The summed E-state index contributed by atoms with van der Waals surface area (Å²) in [6, 6.07) is 14.8. The van der Waals surface area contributed by atoms with E-state index in [-0.39, 0.29) is 5.82 Å². The summed E-state index contributed by atoms with van der Waals surface area (Å²) in [5.41, 5.74) is 2.67. The molecule has 0 aliphatic rings. The van der Waals surface area contributed by atoms with Gasteiger partial charge in [-0.15, -0.1) is 0 Å². The van der Waals surface area contributed by atoms with Crippen LogP contribution in [0.25, 0.3) is 23.5 Å². The molecular weight excluding hydrogens is 263 g/mol. The minimum atomic E-state index is -0.210. The molecule has 0 aliphatic carbocycles. The summed E-state index contributed by atoms with van der Waals surface area (Å²) in [5, 5.41) is 0. The van der Waals surface area contributed by atoms with Crippen molar-refractivity contribution in [1.82, 2.24) is 9.55 Å². The van der Waals surface area contributed by atoms with Crippen LogP contribution in [0.2, 0.25) is 0 Å². The number of hydrogen-bond donors (Lipinski definition) is 0. The van der Waals surface area contributed by atoms with Crippen molar-refractivity contribution in [1.29, 1.82) is 0 Å². The van der Waals surface area contributed by atoms with Crippen LogP contribution in [0.3, 0.4) is 0 Å². The first-order valence-corrected chi connectivity index (χ1v) is 6.74. The van der Waals surface area contributed by atoms with Crippen molar-refractivity contribution in [3.05, 3.63) is 77.9 Å². The number of benzene rings is 2. The first-order chi connectivity index (χ1) is 10.2. The fourth-order valence-corrected chi connectivity index (χ4v) is 2.18. The Morgan fingerprint density at radius 2 is 1.76 bits per heavy atom. The number of aryl methyl sites for hydroxylation is 1. The van der Waals surface area contributed by atoms with Crippen molar-refractivity contribution in [2.75, 3.05) is 0 Å². The van der Waals surface area contributed by atoms with Gasteiger partial charge in [-0.3, -0.25) is 0 Å². The topological polar surface area (TPSA) is 17.8 Å². The Morgan fingerprint density at radius 3 is 2.43 bits per heavy atom. The smallest absolute Gasteiger partial charge is 0.139 e. The van der Waals surface area contributed by atoms with E-state index in [1.165, 1.54) is 6.07 Å². The fraction of sp³-hybridized carbons (Fsp3) is 0.0556. The standard InChI is InChI=1S/C18H15FN2/c1-21-13-12-20-18(21)16-10-7-14(8-11-16)6-9-15-4-2-3-5-17(15)19/h2-13H,1H3/b9-6+. The van der Waals surface area contributed by atoms with Gasteiger partial charge in [-0.05, 0) is 11.6 Å². The number of halogens is 1. The average molecular weight is 278 g/mol. The summed E-state index contributed by atoms with van der Waals surface area (Å²) in [7, 11) is 1.97. The molecule has 0 N–H and O–H groups in total. The minimum absolute atomic E-state index is 0.210. The van der Waals surface area contributed by atoms with E-state index in [9.17, 15) is 4.39 Å². The van der Waals surface area contributed by atoms with E-state index in [2.05, 4.69) is 4.98 Å². The van der Waals surface area contributed by atoms with Crippen LogP contribution in [0.5, 0.6) is 0 Å². The predicted molar refractivity (Wildman–Crippen MR) is 84.0 cm³/mol. The van der Waals surface area contributed by atoms with Gasteiger partial charge in [0.1, 0.15) is 11.6 Å². The van der Waals surface area contributed by atoms with E-state index >= 15 is 0 Å². The lowest BCUT2D eigenvalue weighted by atomic mass is 10.1. The van der Waals surface area contributed by atoms with Crippen molar-refractivity contribution in [2.24, 2.45) is 7.05 Å². The van der Waals surface area contributed by atoms with Gasteiger partial charge in [0, 0.05) is 30.6 Å². The second-order valence-corrected chi connectivity index (χ2v) is 4.84. The lowest BCUT2D eigenvalue weighted by Crippen LogP contribution is -1.90. The molecule has 2 nitrogen and oxygen atoms in total. The van der Waals surface area contributed by atoms with Gasteiger partial charge in [0.25, 0.3) is 0 Å². The lowest BCUT2D eigenvalue weighted by molar-refractivity contribution is 0.625. The molecule has 3 aromatic rings. The highest BCUT2D eigenvalue weighted by molar-refractivity contribution is 5.71. The zero-order valence-electron chi connectivity index (χ0n) is 11.7. The molecule has 0 aliphatic heterocycles. The summed E-state index contributed by atoms with van der Waals surface area (Å²) in [6.45, 7) is 0. The molecule has 0 radical (unpaired) electrons. The van der Waals surface area contributed by atoms with Crippen molar-refractivity contribution in [2.45, 2.75) is 0 Å². The van der Waals surface area contributed by atoms with Crippen molar-refractivity contribution in [3.63, 3.8) is 0 Å².